The van der Waals surface area contributed by atoms with Crippen molar-refractivity contribution in [2.45, 2.75) is 44.2 Å². The molecule has 0 spiro atoms. The lowest BCUT2D eigenvalue weighted by Gasteiger charge is -2.34. The lowest BCUT2D eigenvalue weighted by Crippen LogP contribution is -2.46. The molecule has 0 saturated carbocycles. The number of hydrogen-bond donors (Lipinski definition) is 1. The fraction of sp³-hybridized carbons (Fsp3) is 0.364. The Morgan fingerprint density at radius 3 is 2.70 bits per heavy atom. The zero-order valence-electron chi connectivity index (χ0n) is 15.2. The third-order valence-corrected chi connectivity index (χ3v) is 5.77. The number of piperidine rings is 1. The van der Waals surface area contributed by atoms with Gasteiger partial charge in [-0.15, -0.1) is 0 Å². The molecule has 2 unspecified atom stereocenters. The van der Waals surface area contributed by atoms with Gasteiger partial charge in [-0.3, -0.25) is 9.59 Å². The summed E-state index contributed by atoms with van der Waals surface area (Å²) in [5, 5.41) is 3.92. The van der Waals surface area contributed by atoms with Crippen LogP contribution in [-0.4, -0.2) is 23.3 Å². The van der Waals surface area contributed by atoms with Crippen LogP contribution in [-0.2, 0) is 16.0 Å². The summed E-state index contributed by atoms with van der Waals surface area (Å²) in [5.74, 6) is -0.0480. The topological polar surface area (TPSA) is 49.4 Å². The number of amides is 2. The first-order valence-corrected chi connectivity index (χ1v) is 9.94. The summed E-state index contributed by atoms with van der Waals surface area (Å²) in [7, 11) is 0. The molecule has 1 fully saturated rings. The number of carbonyl (C=O) groups excluding carboxylic acids is 2. The van der Waals surface area contributed by atoms with Gasteiger partial charge < -0.3 is 10.2 Å². The minimum Gasteiger partial charge on any atom is -0.347 e. The number of hydrogen-bond acceptors (Lipinski definition) is 2. The number of nitrogens with one attached hydrogen (secondary N) is 1. The second-order valence-corrected chi connectivity index (χ2v) is 7.74. The minimum absolute atomic E-state index is 0.0316. The number of carbonyl (C=O) groups is 2. The summed E-state index contributed by atoms with van der Waals surface area (Å²) >= 11 is 6.09. The highest BCUT2D eigenvalue weighted by atomic mass is 35.5. The Bertz CT molecular complexity index is 853. The molecule has 0 aromatic heterocycles. The number of halogens is 1. The van der Waals surface area contributed by atoms with Crippen LogP contribution in [0.15, 0.2) is 48.5 Å². The van der Waals surface area contributed by atoms with Crippen molar-refractivity contribution in [1.82, 2.24) is 10.2 Å². The van der Waals surface area contributed by atoms with E-state index in [1.165, 1.54) is 5.56 Å². The van der Waals surface area contributed by atoms with Crippen molar-refractivity contribution in [3.63, 3.8) is 0 Å². The third kappa shape index (κ3) is 3.72. The SMILES string of the molecule is O=C(NC1CCc2cc(Cl)ccc21)C(c1ccccc1)N1CCCCC1=O. The van der Waals surface area contributed by atoms with Gasteiger partial charge in [-0.05, 0) is 54.5 Å². The van der Waals surface area contributed by atoms with Crippen molar-refractivity contribution in [3.05, 3.63) is 70.2 Å². The molecule has 1 aliphatic carbocycles. The van der Waals surface area contributed by atoms with Gasteiger partial charge in [0.2, 0.25) is 11.8 Å². The van der Waals surface area contributed by atoms with Crippen LogP contribution >= 0.6 is 11.6 Å². The lowest BCUT2D eigenvalue weighted by atomic mass is 9.99. The van der Waals surface area contributed by atoms with Gasteiger partial charge in [-0.2, -0.15) is 0 Å². The van der Waals surface area contributed by atoms with E-state index in [1.807, 2.05) is 48.5 Å². The number of likely N-dealkylation sites (tertiary alicyclic amines) is 1. The van der Waals surface area contributed by atoms with Gasteiger partial charge in [-0.25, -0.2) is 0 Å². The van der Waals surface area contributed by atoms with E-state index in [0.717, 1.165) is 41.8 Å². The number of rotatable bonds is 4. The van der Waals surface area contributed by atoms with Crippen LogP contribution in [0, 0.1) is 0 Å². The van der Waals surface area contributed by atoms with Crippen molar-refractivity contribution in [1.29, 1.82) is 0 Å². The van der Waals surface area contributed by atoms with Crippen LogP contribution < -0.4 is 5.32 Å². The Morgan fingerprint density at radius 2 is 1.93 bits per heavy atom. The first-order chi connectivity index (χ1) is 13.1. The van der Waals surface area contributed by atoms with E-state index in [9.17, 15) is 9.59 Å². The van der Waals surface area contributed by atoms with Crippen molar-refractivity contribution >= 4 is 23.4 Å². The van der Waals surface area contributed by atoms with Crippen LogP contribution in [0.2, 0.25) is 5.02 Å². The van der Waals surface area contributed by atoms with Crippen LogP contribution in [0.5, 0.6) is 0 Å². The van der Waals surface area contributed by atoms with Crippen molar-refractivity contribution in [2.75, 3.05) is 6.54 Å². The van der Waals surface area contributed by atoms with Crippen molar-refractivity contribution < 1.29 is 9.59 Å². The molecule has 1 heterocycles. The molecule has 2 aliphatic rings. The van der Waals surface area contributed by atoms with Crippen LogP contribution in [0.25, 0.3) is 0 Å². The number of benzene rings is 2. The Morgan fingerprint density at radius 1 is 1.11 bits per heavy atom. The molecule has 2 aromatic carbocycles. The molecule has 2 atom stereocenters. The van der Waals surface area contributed by atoms with E-state index >= 15 is 0 Å². The molecule has 0 radical (unpaired) electrons. The third-order valence-electron chi connectivity index (χ3n) is 5.53. The summed E-state index contributed by atoms with van der Waals surface area (Å²) in [6.45, 7) is 0.628. The van der Waals surface area contributed by atoms with Crippen molar-refractivity contribution in [3.8, 4) is 0 Å². The van der Waals surface area contributed by atoms with Gasteiger partial charge in [0.05, 0.1) is 6.04 Å². The van der Waals surface area contributed by atoms with Crippen molar-refractivity contribution in [2.24, 2.45) is 0 Å². The molecule has 1 aliphatic heterocycles. The normalized spacial score (nSPS) is 20.3. The highest BCUT2D eigenvalue weighted by Crippen LogP contribution is 2.34. The van der Waals surface area contributed by atoms with E-state index in [4.69, 9.17) is 11.6 Å². The summed E-state index contributed by atoms with van der Waals surface area (Å²) in [6, 6.07) is 14.8. The van der Waals surface area contributed by atoms with E-state index in [0.29, 0.717) is 13.0 Å². The molecule has 2 amide bonds. The summed E-state index contributed by atoms with van der Waals surface area (Å²) in [5.41, 5.74) is 3.18. The minimum atomic E-state index is -0.574. The summed E-state index contributed by atoms with van der Waals surface area (Å²) < 4.78 is 0. The predicted octanol–water partition coefficient (Wildman–Crippen LogP) is 4.20. The molecule has 1 saturated heterocycles. The van der Waals surface area contributed by atoms with Gasteiger partial charge in [0.15, 0.2) is 0 Å². The van der Waals surface area contributed by atoms with E-state index in [1.54, 1.807) is 4.90 Å². The number of fused-ring (bicyclic) bond motifs is 1. The molecule has 140 valence electrons. The number of nitrogens with zero attached hydrogens (tertiary/aromatic N) is 1. The second-order valence-electron chi connectivity index (χ2n) is 7.30. The van der Waals surface area contributed by atoms with E-state index < -0.39 is 6.04 Å². The van der Waals surface area contributed by atoms with Gasteiger partial charge >= 0.3 is 0 Å². The highest BCUT2D eigenvalue weighted by molar-refractivity contribution is 6.30. The monoisotopic (exact) mass is 382 g/mol. The zero-order chi connectivity index (χ0) is 18.8. The maximum Gasteiger partial charge on any atom is 0.247 e. The smallest absolute Gasteiger partial charge is 0.247 e. The second kappa shape index (κ2) is 7.73. The molecule has 5 heteroatoms. The Hall–Kier alpha value is -2.33. The lowest BCUT2D eigenvalue weighted by molar-refractivity contribution is -0.143. The fourth-order valence-electron chi connectivity index (χ4n) is 4.19. The average molecular weight is 383 g/mol. The Labute approximate surface area is 164 Å². The fourth-order valence-corrected chi connectivity index (χ4v) is 4.39. The van der Waals surface area contributed by atoms with Gasteiger partial charge in [-0.1, -0.05) is 48.0 Å². The van der Waals surface area contributed by atoms with E-state index in [2.05, 4.69) is 5.32 Å². The molecule has 27 heavy (non-hydrogen) atoms. The molecule has 4 nitrogen and oxygen atoms in total. The summed E-state index contributed by atoms with van der Waals surface area (Å²) in [6.07, 6.45) is 4.11. The molecule has 0 bridgehead atoms. The zero-order valence-corrected chi connectivity index (χ0v) is 15.9. The molecule has 1 N–H and O–H groups in total. The Balaban J connectivity index is 1.59. The molecular formula is C22H23ClN2O2. The Kier molecular flexibility index (Phi) is 5.17. The summed E-state index contributed by atoms with van der Waals surface area (Å²) in [4.78, 5) is 27.5. The van der Waals surface area contributed by atoms with Crippen LogP contribution in [0.3, 0.4) is 0 Å². The van der Waals surface area contributed by atoms with Crippen LogP contribution in [0.4, 0.5) is 0 Å². The predicted molar refractivity (Wildman–Crippen MR) is 105 cm³/mol. The molecular weight excluding hydrogens is 360 g/mol. The maximum absolute atomic E-state index is 13.3. The average Bonchev–Trinajstić information content (AvgIpc) is 3.06. The first-order valence-electron chi connectivity index (χ1n) is 9.56. The first kappa shape index (κ1) is 18.1. The number of aryl methyl sites for hydroxylation is 1. The maximum atomic E-state index is 13.3. The standard InChI is InChI=1S/C22H23ClN2O2/c23-17-10-11-18-16(14-17)9-12-19(18)24-22(27)21(15-6-2-1-3-7-15)25-13-5-4-8-20(25)26/h1-3,6-7,10-11,14,19,21H,4-5,8-9,12-13H2,(H,24,27). The van der Waals surface area contributed by atoms with Gasteiger partial charge in [0.1, 0.15) is 6.04 Å². The molecule has 2 aromatic rings. The largest absolute Gasteiger partial charge is 0.347 e. The molecule has 4 rings (SSSR count). The van der Waals surface area contributed by atoms with Crippen LogP contribution in [0.1, 0.15) is 54.5 Å². The van der Waals surface area contributed by atoms with Gasteiger partial charge in [0.25, 0.3) is 0 Å². The van der Waals surface area contributed by atoms with E-state index in [-0.39, 0.29) is 17.9 Å². The van der Waals surface area contributed by atoms with Gasteiger partial charge in [0, 0.05) is 18.0 Å². The highest BCUT2D eigenvalue weighted by Gasteiger charge is 2.34. The quantitative estimate of drug-likeness (QED) is 0.861.